The number of hydrogen-bond donors (Lipinski definition) is 2. The Kier molecular flexibility index (Phi) is 8.55. The number of esters is 2. The van der Waals surface area contributed by atoms with Crippen molar-refractivity contribution in [2.24, 2.45) is 35.0 Å². The van der Waals surface area contributed by atoms with E-state index in [2.05, 4.69) is 27.7 Å². The lowest BCUT2D eigenvalue weighted by molar-refractivity contribution is -0.195. The normalized spacial score (nSPS) is 38.0. The molecular formula is C32H48O7. The molecule has 2 N–H and O–H groups in total. The van der Waals surface area contributed by atoms with Gasteiger partial charge in [-0.15, -0.1) is 0 Å². The highest BCUT2D eigenvalue weighted by Crippen LogP contribution is 2.76. The number of carbonyl (C=O) groups is 3. The van der Waals surface area contributed by atoms with Crippen molar-refractivity contribution < 1.29 is 34.1 Å². The lowest BCUT2D eigenvalue weighted by Crippen LogP contribution is -2.56. The quantitative estimate of drug-likeness (QED) is 0.212. The van der Waals surface area contributed by atoms with Gasteiger partial charge in [0.2, 0.25) is 0 Å². The summed E-state index contributed by atoms with van der Waals surface area (Å²) in [5.74, 6) is -2.23. The third-order valence-corrected chi connectivity index (χ3v) is 10.3. The summed E-state index contributed by atoms with van der Waals surface area (Å²) in [4.78, 5) is 39.6. The van der Waals surface area contributed by atoms with Gasteiger partial charge in [0.1, 0.15) is 11.7 Å². The summed E-state index contributed by atoms with van der Waals surface area (Å²) in [6, 6.07) is 0. The van der Waals surface area contributed by atoms with E-state index in [0.29, 0.717) is 24.0 Å². The average molecular weight is 545 g/mol. The van der Waals surface area contributed by atoms with Crippen LogP contribution in [0.3, 0.4) is 0 Å². The highest BCUT2D eigenvalue weighted by atomic mass is 16.6. The molecule has 0 amide bonds. The van der Waals surface area contributed by atoms with E-state index in [1.54, 1.807) is 6.92 Å². The van der Waals surface area contributed by atoms with Crippen LogP contribution in [0.25, 0.3) is 0 Å². The molecule has 0 spiro atoms. The second-order valence-corrected chi connectivity index (χ2v) is 13.1. The molecule has 7 nitrogen and oxygen atoms in total. The zero-order chi connectivity index (χ0) is 28.8. The van der Waals surface area contributed by atoms with Crippen LogP contribution in [0, 0.1) is 35.0 Å². The summed E-state index contributed by atoms with van der Waals surface area (Å²) >= 11 is 0. The van der Waals surface area contributed by atoms with Crippen molar-refractivity contribution in [3.8, 4) is 0 Å². The van der Waals surface area contributed by atoms with Crippen molar-refractivity contribution in [2.75, 3.05) is 6.61 Å². The molecule has 0 radical (unpaired) electrons. The summed E-state index contributed by atoms with van der Waals surface area (Å²) in [5, 5.41) is 22.0. The van der Waals surface area contributed by atoms with Gasteiger partial charge in [-0.25, -0.2) is 0 Å². The Morgan fingerprint density at radius 1 is 1.03 bits per heavy atom. The molecule has 0 aliphatic heterocycles. The molecule has 0 heterocycles. The lowest BCUT2D eigenvalue weighted by Gasteiger charge is -2.47. The van der Waals surface area contributed by atoms with Crippen molar-refractivity contribution in [1.82, 2.24) is 0 Å². The molecule has 0 aromatic carbocycles. The molecule has 0 aromatic rings. The largest absolute Gasteiger partial charge is 0.458 e. The molecule has 4 rings (SSSR count). The van der Waals surface area contributed by atoms with Crippen LogP contribution in [-0.2, 0) is 23.9 Å². The van der Waals surface area contributed by atoms with E-state index in [9.17, 15) is 24.6 Å². The number of allylic oxidation sites excluding steroid dienone is 1. The third-order valence-electron chi connectivity index (χ3n) is 10.3. The Morgan fingerprint density at radius 3 is 2.23 bits per heavy atom. The van der Waals surface area contributed by atoms with Crippen molar-refractivity contribution in [1.29, 1.82) is 0 Å². The number of unbranched alkanes of at least 4 members (excludes halogenated alkanes) is 4. The summed E-state index contributed by atoms with van der Waals surface area (Å²) in [5.41, 5.74) is -2.00. The van der Waals surface area contributed by atoms with Gasteiger partial charge < -0.3 is 19.7 Å². The molecule has 8 atom stereocenters. The molecule has 39 heavy (non-hydrogen) atoms. The van der Waals surface area contributed by atoms with Crippen LogP contribution in [0.15, 0.2) is 23.3 Å². The van der Waals surface area contributed by atoms with Crippen LogP contribution in [0.1, 0.15) is 99.3 Å². The van der Waals surface area contributed by atoms with Gasteiger partial charge in [0.25, 0.3) is 0 Å². The van der Waals surface area contributed by atoms with Gasteiger partial charge >= 0.3 is 11.9 Å². The number of fused-ring (bicyclic) bond motifs is 5. The molecule has 4 aliphatic carbocycles. The first kappa shape index (κ1) is 30.0. The van der Waals surface area contributed by atoms with Crippen molar-refractivity contribution >= 4 is 17.7 Å². The van der Waals surface area contributed by atoms with Gasteiger partial charge in [0, 0.05) is 42.4 Å². The summed E-state index contributed by atoms with van der Waals surface area (Å²) in [7, 11) is 0. The predicted molar refractivity (Wildman–Crippen MR) is 147 cm³/mol. The predicted octanol–water partition coefficient (Wildman–Crippen LogP) is 5.08. The zero-order valence-corrected chi connectivity index (χ0v) is 24.6. The Hall–Kier alpha value is -1.99. The first-order chi connectivity index (χ1) is 18.4. The third kappa shape index (κ3) is 4.81. The van der Waals surface area contributed by atoms with Crippen molar-refractivity contribution in [3.05, 3.63) is 23.3 Å². The maximum atomic E-state index is 13.2. The average Bonchev–Trinajstić information content (AvgIpc) is 3.33. The van der Waals surface area contributed by atoms with E-state index in [0.717, 1.165) is 38.5 Å². The second-order valence-electron chi connectivity index (χ2n) is 13.1. The second kappa shape index (κ2) is 11.1. The molecule has 7 heteroatoms. The number of Topliss-reactive ketones (excluding diaryl/α,β-unsaturated/α-hetero) is 1. The van der Waals surface area contributed by atoms with Gasteiger partial charge in [-0.3, -0.25) is 14.4 Å². The minimum absolute atomic E-state index is 0.0684. The molecule has 0 aromatic heterocycles. The standard InChI is InChI=1S/C32H48O7/c1-7-9-11-13-24(34)38-29-20(4)26-22(16-21(18-33)17-31(37)23(26)15-19(3)28(31)36)27-30(5,6)32(27,29)39-25(35)14-12-10-8-2/h15-16,20,22-23,26-27,29,33,37H,7-14,17-18H2,1-6H3/t20-,22+,23-,26?,27+,29+,31+,32+/m0/s1. The van der Waals surface area contributed by atoms with Gasteiger partial charge in [-0.2, -0.15) is 0 Å². The number of ketones is 1. The Labute approximate surface area is 233 Å². The van der Waals surface area contributed by atoms with E-state index in [1.165, 1.54) is 0 Å². The number of aliphatic hydroxyl groups excluding tert-OH is 1. The SMILES string of the molecule is CCCCCC(=O)O[C@@H]1[C@@H](C)C2[C@@H](C=C(CO)C[C@]3(O)C(=O)C(C)=C[C@@H]23)[C@@H]2C(C)(C)[C@]12OC(=O)CCCCC. The molecule has 4 aliphatic rings. The van der Waals surface area contributed by atoms with E-state index in [-0.39, 0.29) is 54.4 Å². The number of aliphatic hydroxyl groups is 2. The number of ether oxygens (including phenoxy) is 2. The summed E-state index contributed by atoms with van der Waals surface area (Å²) in [6.07, 6.45) is 9.23. The van der Waals surface area contributed by atoms with Gasteiger partial charge in [0.05, 0.1) is 6.61 Å². The fraction of sp³-hybridized carbons (Fsp3) is 0.781. The number of hydrogen-bond acceptors (Lipinski definition) is 7. The first-order valence-corrected chi connectivity index (χ1v) is 15.1. The Morgan fingerprint density at radius 2 is 1.64 bits per heavy atom. The Bertz CT molecular complexity index is 1040. The van der Waals surface area contributed by atoms with Crippen LogP contribution in [0.4, 0.5) is 0 Å². The molecule has 2 fully saturated rings. The van der Waals surface area contributed by atoms with E-state index in [4.69, 9.17) is 9.47 Å². The van der Waals surface area contributed by atoms with Crippen LogP contribution in [-0.4, -0.2) is 51.8 Å². The smallest absolute Gasteiger partial charge is 0.306 e. The highest BCUT2D eigenvalue weighted by Gasteiger charge is 2.85. The highest BCUT2D eigenvalue weighted by molar-refractivity contribution is 6.04. The van der Waals surface area contributed by atoms with Gasteiger partial charge in [-0.05, 0) is 42.7 Å². The van der Waals surface area contributed by atoms with Crippen LogP contribution >= 0.6 is 0 Å². The van der Waals surface area contributed by atoms with E-state index < -0.39 is 28.6 Å². The molecule has 0 saturated heterocycles. The minimum atomic E-state index is -1.64. The van der Waals surface area contributed by atoms with Crippen LogP contribution in [0.5, 0.6) is 0 Å². The van der Waals surface area contributed by atoms with Gasteiger partial charge in [0.15, 0.2) is 11.4 Å². The topological polar surface area (TPSA) is 110 Å². The van der Waals surface area contributed by atoms with Crippen LogP contribution in [0.2, 0.25) is 0 Å². The van der Waals surface area contributed by atoms with Gasteiger partial charge in [-0.1, -0.05) is 72.5 Å². The lowest BCUT2D eigenvalue weighted by atomic mass is 9.62. The molecule has 218 valence electrons. The molecular weight excluding hydrogens is 496 g/mol. The maximum absolute atomic E-state index is 13.2. The van der Waals surface area contributed by atoms with E-state index in [1.807, 2.05) is 19.1 Å². The molecule has 2 saturated carbocycles. The molecule has 1 unspecified atom stereocenters. The fourth-order valence-corrected chi connectivity index (χ4v) is 8.36. The van der Waals surface area contributed by atoms with Crippen molar-refractivity contribution in [3.63, 3.8) is 0 Å². The zero-order valence-electron chi connectivity index (χ0n) is 24.6. The summed E-state index contributed by atoms with van der Waals surface area (Å²) in [6.45, 7) is 11.8. The monoisotopic (exact) mass is 544 g/mol. The first-order valence-electron chi connectivity index (χ1n) is 15.1. The summed E-state index contributed by atoms with van der Waals surface area (Å²) < 4.78 is 12.7. The minimum Gasteiger partial charge on any atom is -0.458 e. The molecule has 0 bridgehead atoms. The number of carbonyl (C=O) groups excluding carboxylic acids is 3. The van der Waals surface area contributed by atoms with Crippen LogP contribution < -0.4 is 0 Å². The van der Waals surface area contributed by atoms with Crippen molar-refractivity contribution in [2.45, 2.75) is 117 Å². The fourth-order valence-electron chi connectivity index (χ4n) is 8.36. The number of rotatable bonds is 11. The Balaban J connectivity index is 1.77. The van der Waals surface area contributed by atoms with E-state index >= 15 is 0 Å². The maximum Gasteiger partial charge on any atom is 0.306 e.